The Labute approximate surface area is 356 Å². The first kappa shape index (κ1) is 36.2. The third-order valence-corrected chi connectivity index (χ3v) is 11.9. The van der Waals surface area contributed by atoms with Gasteiger partial charge < -0.3 is 4.90 Å². The number of aromatic nitrogens is 3. The second kappa shape index (κ2) is 15.3. The van der Waals surface area contributed by atoms with Crippen LogP contribution in [0.25, 0.3) is 95.4 Å². The zero-order chi connectivity index (χ0) is 40.7. The Hall–Kier alpha value is -7.95. The summed E-state index contributed by atoms with van der Waals surface area (Å²) in [7, 11) is 0. The predicted octanol–water partition coefficient (Wildman–Crippen LogP) is 14.4. The fourth-order valence-electron chi connectivity index (χ4n) is 8.65. The van der Waals surface area contributed by atoms with Gasteiger partial charge >= 0.3 is 0 Å². The molecule has 0 radical (unpaired) electrons. The molecule has 0 aliphatic carbocycles. The van der Waals surface area contributed by atoms with Crippen molar-refractivity contribution in [3.05, 3.63) is 224 Å². The van der Waals surface area contributed by atoms with Crippen LogP contribution in [-0.4, -0.2) is 21.0 Å². The smallest absolute Gasteiger partial charge is 0.160 e. The van der Waals surface area contributed by atoms with Crippen molar-refractivity contribution in [2.75, 3.05) is 4.90 Å². The molecule has 288 valence electrons. The molecule has 4 heteroatoms. The molecule has 0 saturated carbocycles. The van der Waals surface area contributed by atoms with Crippen LogP contribution in [0.3, 0.4) is 0 Å². The van der Waals surface area contributed by atoms with E-state index in [1.165, 1.54) is 38.8 Å². The Morgan fingerprint density at radius 2 is 0.852 bits per heavy atom. The summed E-state index contributed by atoms with van der Waals surface area (Å²) in [6.07, 6.45) is 10.9. The normalized spacial score (nSPS) is 14.1. The lowest BCUT2D eigenvalue weighted by molar-refractivity contribution is 0.848. The molecule has 0 fully saturated rings. The van der Waals surface area contributed by atoms with Gasteiger partial charge in [-0.05, 0) is 69.5 Å². The van der Waals surface area contributed by atoms with Crippen LogP contribution in [0.15, 0.2) is 218 Å². The van der Waals surface area contributed by atoms with Crippen molar-refractivity contribution in [1.82, 2.24) is 15.0 Å². The molecule has 1 atom stereocenters. The van der Waals surface area contributed by atoms with Crippen molar-refractivity contribution < 1.29 is 0 Å². The van der Waals surface area contributed by atoms with Crippen molar-refractivity contribution in [2.24, 2.45) is 0 Å². The number of allylic oxidation sites excluding steroid dienone is 2. The third-order valence-electron chi connectivity index (χ3n) is 11.9. The van der Waals surface area contributed by atoms with E-state index in [-0.39, 0.29) is 6.04 Å². The topological polar surface area (TPSA) is 41.9 Å². The molecule has 61 heavy (non-hydrogen) atoms. The molecule has 2 aliphatic rings. The van der Waals surface area contributed by atoms with Crippen molar-refractivity contribution in [1.29, 1.82) is 0 Å². The van der Waals surface area contributed by atoms with Crippen LogP contribution in [0.5, 0.6) is 0 Å². The van der Waals surface area contributed by atoms with Crippen LogP contribution in [0.4, 0.5) is 5.82 Å². The fourth-order valence-corrected chi connectivity index (χ4v) is 8.65. The summed E-state index contributed by atoms with van der Waals surface area (Å²) >= 11 is 0. The zero-order valence-electron chi connectivity index (χ0n) is 33.7. The highest BCUT2D eigenvalue weighted by Gasteiger charge is 2.28. The van der Waals surface area contributed by atoms with Gasteiger partial charge in [-0.3, -0.25) is 0 Å². The van der Waals surface area contributed by atoms with Gasteiger partial charge in [-0.1, -0.05) is 194 Å². The summed E-state index contributed by atoms with van der Waals surface area (Å²) in [5, 5.41) is 2.36. The quantitative estimate of drug-likeness (QED) is 0.162. The number of benzene rings is 7. The lowest BCUT2D eigenvalue weighted by Gasteiger charge is -2.35. The summed E-state index contributed by atoms with van der Waals surface area (Å²) < 4.78 is 0. The van der Waals surface area contributed by atoms with Crippen molar-refractivity contribution in [3.8, 4) is 78.5 Å². The molecular formula is C57H40N4. The molecule has 2 aromatic heterocycles. The van der Waals surface area contributed by atoms with Gasteiger partial charge in [0.2, 0.25) is 0 Å². The highest BCUT2D eigenvalue weighted by atomic mass is 15.2. The second-order valence-corrected chi connectivity index (χ2v) is 15.7. The summed E-state index contributed by atoms with van der Waals surface area (Å²) in [4.78, 5) is 18.0. The maximum Gasteiger partial charge on any atom is 0.160 e. The molecule has 4 heterocycles. The van der Waals surface area contributed by atoms with Crippen LogP contribution in [0, 0.1) is 0 Å². The monoisotopic (exact) mass is 780 g/mol. The van der Waals surface area contributed by atoms with E-state index >= 15 is 0 Å². The standard InChI is InChI=1S/C57H40N4/c1-38-36-51-49-16-8-9-17-50(49)55(60-57(51)61-35-11-10-18-54(38)61)47-31-23-43(24-32-47)44-25-33-48(34-26-44)56-58-52(45-27-19-41(20-28-45)39-12-4-2-5-13-39)37-53(59-56)46-29-21-42(22-30-46)40-14-6-3-7-15-40/h2-37,54H,1H3. The Kier molecular flexibility index (Phi) is 9.09. The molecule has 0 saturated heterocycles. The molecule has 0 N–H and O–H groups in total. The minimum Gasteiger partial charge on any atom is -0.322 e. The molecule has 0 bridgehead atoms. The Morgan fingerprint density at radius 1 is 0.410 bits per heavy atom. The molecule has 9 aromatic rings. The molecule has 1 unspecified atom stereocenters. The Morgan fingerprint density at radius 3 is 1.39 bits per heavy atom. The zero-order valence-corrected chi connectivity index (χ0v) is 33.7. The number of anilines is 1. The van der Waals surface area contributed by atoms with Crippen LogP contribution in [0.2, 0.25) is 0 Å². The van der Waals surface area contributed by atoms with Crippen LogP contribution in [0.1, 0.15) is 12.5 Å². The SMILES string of the molecule is CC1=Cc2c(nc(-c3ccc(-c4ccc(-c5nc(-c6ccc(-c7ccccc7)cc6)cc(-c6ccc(-c7ccccc7)cc6)n5)cc4)cc3)c3ccccc23)N2C=CC=CC12. The first-order valence-corrected chi connectivity index (χ1v) is 20.8. The molecule has 0 spiro atoms. The van der Waals surface area contributed by atoms with Gasteiger partial charge in [0.25, 0.3) is 0 Å². The minimum absolute atomic E-state index is 0.182. The van der Waals surface area contributed by atoms with E-state index in [0.29, 0.717) is 5.82 Å². The maximum absolute atomic E-state index is 5.35. The fraction of sp³-hybridized carbons (Fsp3) is 0.0351. The van der Waals surface area contributed by atoms with E-state index in [1.54, 1.807) is 0 Å². The van der Waals surface area contributed by atoms with E-state index in [4.69, 9.17) is 15.0 Å². The number of hydrogen-bond donors (Lipinski definition) is 0. The van der Waals surface area contributed by atoms with Crippen LogP contribution >= 0.6 is 0 Å². The minimum atomic E-state index is 0.182. The molecule has 0 amide bonds. The Bertz CT molecular complexity index is 3050. The number of pyridine rings is 1. The Balaban J connectivity index is 0.924. The average molecular weight is 781 g/mol. The van der Waals surface area contributed by atoms with Gasteiger partial charge in [0, 0.05) is 39.4 Å². The number of hydrogen-bond acceptors (Lipinski definition) is 4. The molecule has 2 aliphatic heterocycles. The van der Waals surface area contributed by atoms with Crippen LogP contribution < -0.4 is 4.90 Å². The first-order chi connectivity index (χ1) is 30.1. The van der Waals surface area contributed by atoms with Gasteiger partial charge in [-0.25, -0.2) is 15.0 Å². The molecule has 11 rings (SSSR count). The molecular weight excluding hydrogens is 741 g/mol. The van der Waals surface area contributed by atoms with Crippen LogP contribution in [-0.2, 0) is 0 Å². The van der Waals surface area contributed by atoms with Gasteiger partial charge in [0.15, 0.2) is 5.82 Å². The number of nitrogens with zero attached hydrogens (tertiary/aromatic N) is 4. The maximum atomic E-state index is 5.35. The van der Waals surface area contributed by atoms with Gasteiger partial charge in [0.1, 0.15) is 5.82 Å². The molecule has 7 aromatic carbocycles. The number of fused-ring (bicyclic) bond motifs is 5. The van der Waals surface area contributed by atoms with Gasteiger partial charge in [-0.15, -0.1) is 0 Å². The van der Waals surface area contributed by atoms with E-state index in [1.807, 2.05) is 12.1 Å². The van der Waals surface area contributed by atoms with E-state index < -0.39 is 0 Å². The van der Waals surface area contributed by atoms with E-state index in [9.17, 15) is 0 Å². The lowest BCUT2D eigenvalue weighted by Crippen LogP contribution is -2.34. The average Bonchev–Trinajstić information content (AvgIpc) is 3.34. The summed E-state index contributed by atoms with van der Waals surface area (Å²) in [5.41, 5.74) is 16.3. The lowest BCUT2D eigenvalue weighted by atomic mass is 9.92. The highest BCUT2D eigenvalue weighted by molar-refractivity contribution is 6.04. The third kappa shape index (κ3) is 6.84. The van der Waals surface area contributed by atoms with E-state index in [0.717, 1.165) is 61.7 Å². The first-order valence-electron chi connectivity index (χ1n) is 20.8. The number of rotatable bonds is 7. The van der Waals surface area contributed by atoms with Crippen molar-refractivity contribution in [3.63, 3.8) is 0 Å². The summed E-state index contributed by atoms with van der Waals surface area (Å²) in [6, 6.07) is 66.5. The van der Waals surface area contributed by atoms with Crippen molar-refractivity contribution >= 4 is 22.7 Å². The summed E-state index contributed by atoms with van der Waals surface area (Å²) in [5.74, 6) is 1.68. The molecule has 4 nitrogen and oxygen atoms in total. The predicted molar refractivity (Wildman–Crippen MR) is 254 cm³/mol. The second-order valence-electron chi connectivity index (χ2n) is 15.7. The van der Waals surface area contributed by atoms with Gasteiger partial charge in [-0.2, -0.15) is 0 Å². The largest absolute Gasteiger partial charge is 0.322 e. The van der Waals surface area contributed by atoms with Gasteiger partial charge in [0.05, 0.1) is 23.1 Å². The highest BCUT2D eigenvalue weighted by Crippen LogP contribution is 2.41. The van der Waals surface area contributed by atoms with E-state index in [2.05, 4.69) is 218 Å². The van der Waals surface area contributed by atoms with Crippen molar-refractivity contribution in [2.45, 2.75) is 13.0 Å². The summed E-state index contributed by atoms with van der Waals surface area (Å²) in [6.45, 7) is 2.21.